The second-order valence-corrected chi connectivity index (χ2v) is 4.70. The molecule has 0 saturated carbocycles. The topological polar surface area (TPSA) is 38.5 Å². The molecule has 20 heavy (non-hydrogen) atoms. The van der Waals surface area contributed by atoms with Gasteiger partial charge in [0.05, 0.1) is 18.5 Å². The Morgan fingerprint density at radius 3 is 2.50 bits per heavy atom. The zero-order valence-corrected chi connectivity index (χ0v) is 11.9. The number of nitrogens with zero attached hydrogens (tertiary/aromatic N) is 1. The fourth-order valence-electron chi connectivity index (χ4n) is 2.28. The lowest BCUT2D eigenvalue weighted by atomic mass is 10.0. The Morgan fingerprint density at radius 2 is 1.85 bits per heavy atom. The first-order valence-electron chi connectivity index (χ1n) is 6.47. The average molecular weight is 274 g/mol. The van der Waals surface area contributed by atoms with Crippen molar-refractivity contribution in [2.24, 2.45) is 5.73 Å². The van der Waals surface area contributed by atoms with E-state index >= 15 is 0 Å². The highest BCUT2D eigenvalue weighted by molar-refractivity contribution is 5.71. The Labute approximate surface area is 118 Å². The van der Waals surface area contributed by atoms with E-state index in [4.69, 9.17) is 10.5 Å². The molecule has 0 aromatic heterocycles. The van der Waals surface area contributed by atoms with Gasteiger partial charge >= 0.3 is 0 Å². The van der Waals surface area contributed by atoms with Crippen LogP contribution in [0, 0.1) is 5.82 Å². The van der Waals surface area contributed by atoms with E-state index in [1.807, 2.05) is 44.3 Å². The molecule has 0 saturated heterocycles. The Balaban J connectivity index is 2.56. The van der Waals surface area contributed by atoms with Gasteiger partial charge in [0.15, 0.2) is 0 Å². The number of benzene rings is 2. The summed E-state index contributed by atoms with van der Waals surface area (Å²) in [6.45, 7) is 1.84. The summed E-state index contributed by atoms with van der Waals surface area (Å²) in [7, 11) is 3.41. The van der Waals surface area contributed by atoms with E-state index in [0.29, 0.717) is 11.4 Å². The molecule has 0 bridgehead atoms. The highest BCUT2D eigenvalue weighted by Crippen LogP contribution is 2.36. The van der Waals surface area contributed by atoms with Crippen LogP contribution in [0.15, 0.2) is 42.5 Å². The van der Waals surface area contributed by atoms with Crippen molar-refractivity contribution in [3.63, 3.8) is 0 Å². The number of hydrogen-bond donors (Lipinski definition) is 1. The number of methoxy groups -OCH3 is 1. The van der Waals surface area contributed by atoms with Crippen molar-refractivity contribution < 1.29 is 9.13 Å². The molecule has 3 nitrogen and oxygen atoms in total. The van der Waals surface area contributed by atoms with Crippen molar-refractivity contribution >= 4 is 11.4 Å². The number of halogens is 1. The number of ether oxygens (including phenoxy) is 1. The normalized spacial score (nSPS) is 12.1. The molecule has 0 amide bonds. The molecule has 0 spiro atoms. The lowest BCUT2D eigenvalue weighted by molar-refractivity contribution is 0.415. The van der Waals surface area contributed by atoms with E-state index < -0.39 is 0 Å². The van der Waals surface area contributed by atoms with Gasteiger partial charge in [-0.25, -0.2) is 4.39 Å². The van der Waals surface area contributed by atoms with Gasteiger partial charge in [-0.1, -0.05) is 24.3 Å². The van der Waals surface area contributed by atoms with Crippen LogP contribution in [0.2, 0.25) is 0 Å². The third-order valence-corrected chi connectivity index (χ3v) is 3.29. The summed E-state index contributed by atoms with van der Waals surface area (Å²) in [5.41, 5.74) is 7.98. The fourth-order valence-corrected chi connectivity index (χ4v) is 2.28. The van der Waals surface area contributed by atoms with E-state index in [1.54, 1.807) is 18.1 Å². The second kappa shape index (κ2) is 5.92. The summed E-state index contributed by atoms with van der Waals surface area (Å²) in [5, 5.41) is 0. The van der Waals surface area contributed by atoms with Crippen LogP contribution in [0.4, 0.5) is 15.8 Å². The first-order valence-corrected chi connectivity index (χ1v) is 6.47. The van der Waals surface area contributed by atoms with Gasteiger partial charge in [-0.3, -0.25) is 0 Å². The van der Waals surface area contributed by atoms with E-state index in [0.717, 1.165) is 11.3 Å². The predicted molar refractivity (Wildman–Crippen MR) is 80.1 cm³/mol. The third-order valence-electron chi connectivity index (χ3n) is 3.29. The van der Waals surface area contributed by atoms with Crippen molar-refractivity contribution in [2.45, 2.75) is 13.0 Å². The van der Waals surface area contributed by atoms with Crippen LogP contribution in [-0.2, 0) is 0 Å². The second-order valence-electron chi connectivity index (χ2n) is 4.70. The van der Waals surface area contributed by atoms with Crippen LogP contribution in [0.1, 0.15) is 18.5 Å². The molecule has 0 aliphatic rings. The van der Waals surface area contributed by atoms with Crippen molar-refractivity contribution in [3.05, 3.63) is 53.8 Å². The molecular weight excluding hydrogens is 255 g/mol. The molecule has 0 aliphatic carbocycles. The highest BCUT2D eigenvalue weighted by Gasteiger charge is 2.18. The molecule has 1 atom stereocenters. The maximum absolute atomic E-state index is 14.2. The minimum Gasteiger partial charge on any atom is -0.495 e. The molecule has 0 heterocycles. The maximum Gasteiger partial charge on any atom is 0.147 e. The van der Waals surface area contributed by atoms with E-state index in [9.17, 15) is 4.39 Å². The summed E-state index contributed by atoms with van der Waals surface area (Å²) in [6, 6.07) is 12.2. The quantitative estimate of drug-likeness (QED) is 0.925. The van der Waals surface area contributed by atoms with Gasteiger partial charge in [0.1, 0.15) is 11.6 Å². The van der Waals surface area contributed by atoms with E-state index in [-0.39, 0.29) is 11.9 Å². The molecule has 2 aromatic rings. The molecule has 106 valence electrons. The van der Waals surface area contributed by atoms with Crippen LogP contribution in [-0.4, -0.2) is 14.2 Å². The molecular formula is C16H19FN2O. The molecule has 0 unspecified atom stereocenters. The van der Waals surface area contributed by atoms with Crippen LogP contribution in [0.25, 0.3) is 0 Å². The smallest absolute Gasteiger partial charge is 0.147 e. The van der Waals surface area contributed by atoms with Gasteiger partial charge in [0.25, 0.3) is 0 Å². The number of rotatable bonds is 4. The van der Waals surface area contributed by atoms with Crippen molar-refractivity contribution in [1.82, 2.24) is 0 Å². The Bertz CT molecular complexity index is 599. The number of para-hydroxylation sites is 3. The molecule has 0 aliphatic heterocycles. The van der Waals surface area contributed by atoms with Crippen LogP contribution >= 0.6 is 0 Å². The van der Waals surface area contributed by atoms with Gasteiger partial charge in [-0.05, 0) is 30.7 Å². The van der Waals surface area contributed by atoms with Crippen LogP contribution in [0.5, 0.6) is 5.75 Å². The zero-order chi connectivity index (χ0) is 14.7. The standard InChI is InChI=1S/C16H19FN2O/c1-11(18)12-7-6-8-13(17)16(12)19(2)14-9-4-5-10-15(14)20-3/h4-11H,18H2,1-3H3/t11-/m1/s1. The number of anilines is 2. The van der Waals surface area contributed by atoms with Gasteiger partial charge in [-0.15, -0.1) is 0 Å². The summed E-state index contributed by atoms with van der Waals surface area (Å²) < 4.78 is 19.6. The molecule has 0 radical (unpaired) electrons. The first kappa shape index (κ1) is 14.3. The Kier molecular flexibility index (Phi) is 4.25. The van der Waals surface area contributed by atoms with E-state index in [1.165, 1.54) is 6.07 Å². The summed E-state index contributed by atoms with van der Waals surface area (Å²) in [6.07, 6.45) is 0. The zero-order valence-electron chi connectivity index (χ0n) is 11.9. The van der Waals surface area contributed by atoms with Crippen molar-refractivity contribution in [1.29, 1.82) is 0 Å². The van der Waals surface area contributed by atoms with Gasteiger partial charge in [-0.2, -0.15) is 0 Å². The van der Waals surface area contributed by atoms with Crippen molar-refractivity contribution in [2.75, 3.05) is 19.1 Å². The molecule has 2 N–H and O–H groups in total. The van der Waals surface area contributed by atoms with E-state index in [2.05, 4.69) is 0 Å². The largest absolute Gasteiger partial charge is 0.495 e. The molecule has 2 rings (SSSR count). The predicted octanol–water partition coefficient (Wildman–Crippen LogP) is 3.62. The molecule has 4 heteroatoms. The SMILES string of the molecule is COc1ccccc1N(C)c1c(F)cccc1[C@@H](C)N. The number of hydrogen-bond acceptors (Lipinski definition) is 3. The third kappa shape index (κ3) is 2.60. The molecule has 2 aromatic carbocycles. The summed E-state index contributed by atoms with van der Waals surface area (Å²) in [5.74, 6) is 0.391. The lowest BCUT2D eigenvalue weighted by Gasteiger charge is -2.26. The summed E-state index contributed by atoms with van der Waals surface area (Å²) >= 11 is 0. The Morgan fingerprint density at radius 1 is 1.15 bits per heavy atom. The Hall–Kier alpha value is -2.07. The minimum atomic E-state index is -0.298. The number of nitrogens with two attached hydrogens (primary N) is 1. The van der Waals surface area contributed by atoms with Crippen LogP contribution < -0.4 is 15.4 Å². The molecule has 0 fully saturated rings. The van der Waals surface area contributed by atoms with Gasteiger partial charge < -0.3 is 15.4 Å². The lowest BCUT2D eigenvalue weighted by Crippen LogP contribution is -2.17. The maximum atomic E-state index is 14.2. The first-order chi connectivity index (χ1) is 9.56. The van der Waals surface area contributed by atoms with Crippen LogP contribution in [0.3, 0.4) is 0 Å². The monoisotopic (exact) mass is 274 g/mol. The van der Waals surface area contributed by atoms with Crippen molar-refractivity contribution in [3.8, 4) is 5.75 Å². The van der Waals surface area contributed by atoms with Gasteiger partial charge in [0.2, 0.25) is 0 Å². The summed E-state index contributed by atoms with van der Waals surface area (Å²) in [4.78, 5) is 1.77. The van der Waals surface area contributed by atoms with Gasteiger partial charge in [0, 0.05) is 13.1 Å². The minimum absolute atomic E-state index is 0.252. The fraction of sp³-hybridized carbons (Fsp3) is 0.250. The highest BCUT2D eigenvalue weighted by atomic mass is 19.1. The average Bonchev–Trinajstić information content (AvgIpc) is 2.46.